The first kappa shape index (κ1) is 14.2. The van der Waals surface area contributed by atoms with E-state index >= 15 is 0 Å². The van der Waals surface area contributed by atoms with Gasteiger partial charge in [0.05, 0.1) is 5.56 Å². The third kappa shape index (κ3) is 3.39. The Hall–Kier alpha value is -1.26. The van der Waals surface area contributed by atoms with Crippen LogP contribution >= 0.6 is 11.6 Å². The summed E-state index contributed by atoms with van der Waals surface area (Å²) in [6.45, 7) is 2.29. The van der Waals surface area contributed by atoms with E-state index in [1.54, 1.807) is 25.3 Å². The number of nitrogen functional groups attached to an aromatic ring is 1. The number of nitrogens with two attached hydrogens (primary N) is 1. The van der Waals surface area contributed by atoms with Crippen molar-refractivity contribution in [3.05, 3.63) is 28.8 Å². The molecule has 0 atom stereocenters. The van der Waals surface area contributed by atoms with Crippen LogP contribution in [0.3, 0.4) is 0 Å². The van der Waals surface area contributed by atoms with E-state index in [-0.39, 0.29) is 5.91 Å². The lowest BCUT2D eigenvalue weighted by molar-refractivity contribution is 0.0614. The summed E-state index contributed by atoms with van der Waals surface area (Å²) in [5.74, 6) is 0.543. The summed E-state index contributed by atoms with van der Waals surface area (Å²) in [6.07, 6.45) is 1.96. The van der Waals surface area contributed by atoms with Gasteiger partial charge in [-0.15, -0.1) is 0 Å². The molecule has 4 nitrogen and oxygen atoms in total. The lowest BCUT2D eigenvalue weighted by Crippen LogP contribution is -2.39. The van der Waals surface area contributed by atoms with Crippen molar-refractivity contribution in [2.24, 2.45) is 5.92 Å². The van der Waals surface area contributed by atoms with Gasteiger partial charge in [-0.3, -0.25) is 4.79 Å². The van der Waals surface area contributed by atoms with Crippen molar-refractivity contribution in [2.45, 2.75) is 12.8 Å². The number of rotatable bonds is 3. The van der Waals surface area contributed by atoms with Crippen LogP contribution in [0.15, 0.2) is 18.2 Å². The van der Waals surface area contributed by atoms with Gasteiger partial charge in [-0.1, -0.05) is 11.6 Å². The zero-order chi connectivity index (χ0) is 13.8. The topological polar surface area (TPSA) is 55.6 Å². The molecule has 1 aromatic rings. The van der Waals surface area contributed by atoms with Gasteiger partial charge in [-0.25, -0.2) is 0 Å². The predicted molar refractivity (Wildman–Crippen MR) is 76.4 cm³/mol. The van der Waals surface area contributed by atoms with E-state index in [4.69, 9.17) is 22.1 Å². The maximum atomic E-state index is 12.4. The van der Waals surface area contributed by atoms with Crippen LogP contribution in [0.5, 0.6) is 0 Å². The Bertz CT molecular complexity index is 457. The number of carbonyl (C=O) groups is 1. The molecule has 1 fully saturated rings. The van der Waals surface area contributed by atoms with E-state index in [0.717, 1.165) is 32.5 Å². The highest BCUT2D eigenvalue weighted by Gasteiger charge is 2.24. The van der Waals surface area contributed by atoms with Crippen molar-refractivity contribution in [1.82, 2.24) is 4.90 Å². The number of nitrogens with zero attached hydrogens (tertiary/aromatic N) is 1. The highest BCUT2D eigenvalue weighted by molar-refractivity contribution is 6.31. The molecule has 104 valence electrons. The number of carbonyl (C=O) groups excluding carboxylic acids is 1. The molecule has 1 aliphatic heterocycles. The molecular formula is C14H19ClN2O2. The molecular weight excluding hydrogens is 264 g/mol. The summed E-state index contributed by atoms with van der Waals surface area (Å²) in [5.41, 5.74) is 6.83. The number of amides is 1. The molecule has 0 aliphatic carbocycles. The zero-order valence-electron chi connectivity index (χ0n) is 11.1. The molecule has 0 spiro atoms. The van der Waals surface area contributed by atoms with Crippen LogP contribution in [0.25, 0.3) is 0 Å². The summed E-state index contributed by atoms with van der Waals surface area (Å²) in [7, 11) is 1.71. The van der Waals surface area contributed by atoms with Crippen LogP contribution in [0, 0.1) is 5.92 Å². The Balaban J connectivity index is 2.01. The Morgan fingerprint density at radius 3 is 2.74 bits per heavy atom. The quantitative estimate of drug-likeness (QED) is 0.866. The number of hydrogen-bond donors (Lipinski definition) is 1. The minimum absolute atomic E-state index is 0.00923. The Kier molecular flexibility index (Phi) is 4.66. The third-order valence-electron chi connectivity index (χ3n) is 3.55. The van der Waals surface area contributed by atoms with Crippen LogP contribution < -0.4 is 5.73 Å². The Morgan fingerprint density at radius 1 is 1.47 bits per heavy atom. The molecule has 2 N–H and O–H groups in total. The number of ether oxygens (including phenoxy) is 1. The van der Waals surface area contributed by atoms with E-state index < -0.39 is 0 Å². The number of hydrogen-bond acceptors (Lipinski definition) is 3. The highest BCUT2D eigenvalue weighted by Crippen LogP contribution is 2.23. The molecule has 5 heteroatoms. The van der Waals surface area contributed by atoms with Crippen molar-refractivity contribution in [2.75, 3.05) is 32.5 Å². The fourth-order valence-electron chi connectivity index (χ4n) is 2.44. The second kappa shape index (κ2) is 6.26. The van der Waals surface area contributed by atoms with Crippen molar-refractivity contribution in [3.63, 3.8) is 0 Å². The molecule has 0 bridgehead atoms. The lowest BCUT2D eigenvalue weighted by atomic mass is 9.97. The molecule has 2 rings (SSSR count). The molecule has 1 aromatic carbocycles. The highest BCUT2D eigenvalue weighted by atomic mass is 35.5. The van der Waals surface area contributed by atoms with Gasteiger partial charge in [0.1, 0.15) is 0 Å². The third-order valence-corrected chi connectivity index (χ3v) is 3.78. The fraction of sp³-hybridized carbons (Fsp3) is 0.500. The van der Waals surface area contributed by atoms with E-state index in [1.165, 1.54) is 0 Å². The summed E-state index contributed by atoms with van der Waals surface area (Å²) in [6, 6.07) is 5.01. The first-order chi connectivity index (χ1) is 9.11. The molecule has 19 heavy (non-hydrogen) atoms. The van der Waals surface area contributed by atoms with Crippen molar-refractivity contribution >= 4 is 23.2 Å². The summed E-state index contributed by atoms with van der Waals surface area (Å²) >= 11 is 5.84. The first-order valence-corrected chi connectivity index (χ1v) is 6.83. The standard InChI is InChI=1S/C14H19ClN2O2/c1-19-9-10-4-6-17(7-5-10)14(18)12-3-2-11(15)8-13(12)16/h2-3,8,10H,4-7,9,16H2,1H3. The summed E-state index contributed by atoms with van der Waals surface area (Å²) < 4.78 is 5.16. The Morgan fingerprint density at radius 2 is 2.16 bits per heavy atom. The van der Waals surface area contributed by atoms with Gasteiger partial charge >= 0.3 is 0 Å². The molecule has 0 aromatic heterocycles. The van der Waals surface area contributed by atoms with E-state index in [2.05, 4.69) is 0 Å². The second-order valence-electron chi connectivity index (χ2n) is 4.92. The minimum Gasteiger partial charge on any atom is -0.398 e. The molecule has 0 unspecified atom stereocenters. The number of anilines is 1. The van der Waals surface area contributed by atoms with Crippen LogP contribution in [0.1, 0.15) is 23.2 Å². The van der Waals surface area contributed by atoms with Crippen LogP contribution in [0.2, 0.25) is 5.02 Å². The number of benzene rings is 1. The number of likely N-dealkylation sites (tertiary alicyclic amines) is 1. The van der Waals surface area contributed by atoms with Gasteiger partial charge in [0.25, 0.3) is 5.91 Å². The molecule has 0 radical (unpaired) electrons. The van der Waals surface area contributed by atoms with Crippen molar-refractivity contribution in [1.29, 1.82) is 0 Å². The van der Waals surface area contributed by atoms with Gasteiger partial charge < -0.3 is 15.4 Å². The van der Waals surface area contributed by atoms with Gasteiger partial charge in [-0.05, 0) is 37.0 Å². The molecule has 1 heterocycles. The monoisotopic (exact) mass is 282 g/mol. The van der Waals surface area contributed by atoms with Gasteiger partial charge in [0.2, 0.25) is 0 Å². The molecule has 1 amide bonds. The van der Waals surface area contributed by atoms with E-state index in [1.807, 2.05) is 4.90 Å². The van der Waals surface area contributed by atoms with Crippen LogP contribution in [0.4, 0.5) is 5.69 Å². The lowest BCUT2D eigenvalue weighted by Gasteiger charge is -2.32. The summed E-state index contributed by atoms with van der Waals surface area (Å²) in [4.78, 5) is 14.2. The number of methoxy groups -OCH3 is 1. The maximum Gasteiger partial charge on any atom is 0.255 e. The second-order valence-corrected chi connectivity index (χ2v) is 5.36. The number of halogens is 1. The average Bonchev–Trinajstić information content (AvgIpc) is 2.39. The molecule has 1 saturated heterocycles. The fourth-order valence-corrected chi connectivity index (χ4v) is 2.62. The predicted octanol–water partition coefficient (Wildman–Crippen LogP) is 2.42. The normalized spacial score (nSPS) is 16.6. The van der Waals surface area contributed by atoms with Gasteiger partial charge in [0, 0.05) is 37.5 Å². The number of piperidine rings is 1. The van der Waals surface area contributed by atoms with E-state index in [9.17, 15) is 4.79 Å². The minimum atomic E-state index is -0.00923. The van der Waals surface area contributed by atoms with E-state index in [0.29, 0.717) is 22.2 Å². The van der Waals surface area contributed by atoms with Crippen LogP contribution in [-0.2, 0) is 4.74 Å². The molecule has 0 saturated carbocycles. The smallest absolute Gasteiger partial charge is 0.255 e. The molecule has 1 aliphatic rings. The Labute approximate surface area is 118 Å². The van der Waals surface area contributed by atoms with Crippen molar-refractivity contribution in [3.8, 4) is 0 Å². The average molecular weight is 283 g/mol. The van der Waals surface area contributed by atoms with Crippen LogP contribution in [-0.4, -0.2) is 37.6 Å². The van der Waals surface area contributed by atoms with Gasteiger partial charge in [-0.2, -0.15) is 0 Å². The maximum absolute atomic E-state index is 12.4. The van der Waals surface area contributed by atoms with Gasteiger partial charge in [0.15, 0.2) is 0 Å². The summed E-state index contributed by atoms with van der Waals surface area (Å²) in [5, 5.41) is 0.549. The largest absolute Gasteiger partial charge is 0.398 e. The zero-order valence-corrected chi connectivity index (χ0v) is 11.8. The van der Waals surface area contributed by atoms with Crippen molar-refractivity contribution < 1.29 is 9.53 Å². The SMILES string of the molecule is COCC1CCN(C(=O)c2ccc(Cl)cc2N)CC1. The first-order valence-electron chi connectivity index (χ1n) is 6.45.